The summed E-state index contributed by atoms with van der Waals surface area (Å²) in [4.78, 5) is 27.7. The lowest BCUT2D eigenvalue weighted by Gasteiger charge is -2.20. The van der Waals surface area contributed by atoms with Gasteiger partial charge in [0, 0.05) is 42.7 Å². The van der Waals surface area contributed by atoms with Crippen molar-refractivity contribution in [3.8, 4) is 11.3 Å². The van der Waals surface area contributed by atoms with Gasteiger partial charge >= 0.3 is 0 Å². The normalized spacial score (nSPS) is 15.0. The van der Waals surface area contributed by atoms with Crippen LogP contribution in [0.1, 0.15) is 19.8 Å². The fraction of sp³-hybridized carbons (Fsp3) is 0.353. The molecule has 6 nitrogen and oxygen atoms in total. The van der Waals surface area contributed by atoms with Gasteiger partial charge in [-0.25, -0.2) is 4.98 Å². The average Bonchev–Trinajstić information content (AvgIpc) is 3.04. The summed E-state index contributed by atoms with van der Waals surface area (Å²) < 4.78 is 5.28. The maximum atomic E-state index is 12.2. The van der Waals surface area contributed by atoms with Gasteiger partial charge in [-0.2, -0.15) is 0 Å². The summed E-state index contributed by atoms with van der Waals surface area (Å²) >= 11 is 1.41. The number of carbonyl (C=O) groups is 2. The van der Waals surface area contributed by atoms with Crippen LogP contribution in [0.5, 0.6) is 0 Å². The standard InChI is InChI=1S/C17H19N3O3S/c1-11(21)18-14-4-2-12(3-5-14)15-10-24-17(19-15)20-16(22)13-6-8-23-9-7-13/h2-5,10,13H,6-9H2,1H3,(H,18,21)(H,19,20,22). The summed E-state index contributed by atoms with van der Waals surface area (Å²) in [5, 5.41) is 8.14. The molecule has 24 heavy (non-hydrogen) atoms. The molecule has 2 aromatic rings. The zero-order valence-electron chi connectivity index (χ0n) is 13.4. The fourth-order valence-electron chi connectivity index (χ4n) is 2.56. The monoisotopic (exact) mass is 345 g/mol. The van der Waals surface area contributed by atoms with E-state index in [1.807, 2.05) is 29.6 Å². The highest BCUT2D eigenvalue weighted by atomic mass is 32.1. The van der Waals surface area contributed by atoms with Crippen molar-refractivity contribution in [2.45, 2.75) is 19.8 Å². The number of hydrogen-bond acceptors (Lipinski definition) is 5. The zero-order valence-corrected chi connectivity index (χ0v) is 14.2. The number of aromatic nitrogens is 1. The van der Waals surface area contributed by atoms with Crippen molar-refractivity contribution in [3.63, 3.8) is 0 Å². The van der Waals surface area contributed by atoms with Gasteiger partial charge in [0.05, 0.1) is 5.69 Å². The third kappa shape index (κ3) is 4.18. The molecule has 0 radical (unpaired) electrons. The summed E-state index contributed by atoms with van der Waals surface area (Å²) in [5.41, 5.74) is 2.48. The van der Waals surface area contributed by atoms with E-state index in [1.165, 1.54) is 18.3 Å². The van der Waals surface area contributed by atoms with Crippen LogP contribution >= 0.6 is 11.3 Å². The van der Waals surface area contributed by atoms with Crippen molar-refractivity contribution >= 4 is 34.0 Å². The van der Waals surface area contributed by atoms with E-state index in [0.29, 0.717) is 18.3 Å². The molecule has 3 rings (SSSR count). The minimum absolute atomic E-state index is 0.00281. The van der Waals surface area contributed by atoms with Crippen LogP contribution in [0.25, 0.3) is 11.3 Å². The van der Waals surface area contributed by atoms with Crippen LogP contribution < -0.4 is 10.6 Å². The highest BCUT2D eigenvalue weighted by molar-refractivity contribution is 7.14. The van der Waals surface area contributed by atoms with E-state index < -0.39 is 0 Å². The van der Waals surface area contributed by atoms with Gasteiger partial charge in [-0.05, 0) is 25.0 Å². The Kier molecular flexibility index (Phi) is 5.22. The van der Waals surface area contributed by atoms with Gasteiger partial charge in [-0.1, -0.05) is 12.1 Å². The lowest BCUT2D eigenvalue weighted by molar-refractivity contribution is -0.122. The van der Waals surface area contributed by atoms with Crippen LogP contribution in [0.15, 0.2) is 29.6 Å². The number of anilines is 2. The second kappa shape index (κ2) is 7.55. The van der Waals surface area contributed by atoms with E-state index in [2.05, 4.69) is 15.6 Å². The topological polar surface area (TPSA) is 80.3 Å². The number of thiazole rings is 1. The van der Waals surface area contributed by atoms with E-state index in [0.717, 1.165) is 29.8 Å². The van der Waals surface area contributed by atoms with E-state index in [-0.39, 0.29) is 17.7 Å². The van der Waals surface area contributed by atoms with Crippen LogP contribution in [0, 0.1) is 5.92 Å². The molecule has 2 N–H and O–H groups in total. The highest BCUT2D eigenvalue weighted by Crippen LogP contribution is 2.27. The molecule has 1 fully saturated rings. The molecule has 1 aromatic heterocycles. The maximum absolute atomic E-state index is 12.2. The summed E-state index contributed by atoms with van der Waals surface area (Å²) in [6.07, 6.45) is 1.52. The molecular weight excluding hydrogens is 326 g/mol. The van der Waals surface area contributed by atoms with Crippen molar-refractivity contribution in [1.29, 1.82) is 0 Å². The minimum atomic E-state index is -0.102. The number of carbonyl (C=O) groups excluding carboxylic acids is 2. The molecule has 0 spiro atoms. The molecule has 1 aliphatic heterocycles. The van der Waals surface area contributed by atoms with E-state index in [9.17, 15) is 9.59 Å². The smallest absolute Gasteiger partial charge is 0.229 e. The zero-order chi connectivity index (χ0) is 16.9. The molecule has 2 heterocycles. The quantitative estimate of drug-likeness (QED) is 0.892. The molecule has 7 heteroatoms. The summed E-state index contributed by atoms with van der Waals surface area (Å²) in [6, 6.07) is 7.45. The lowest BCUT2D eigenvalue weighted by atomic mass is 10.00. The van der Waals surface area contributed by atoms with Gasteiger partial charge < -0.3 is 15.4 Å². The van der Waals surface area contributed by atoms with Gasteiger partial charge in [0.2, 0.25) is 11.8 Å². The first kappa shape index (κ1) is 16.6. The van der Waals surface area contributed by atoms with Gasteiger partial charge in [0.15, 0.2) is 5.13 Å². The Hall–Kier alpha value is -2.25. The van der Waals surface area contributed by atoms with Crippen LogP contribution in [0.2, 0.25) is 0 Å². The van der Waals surface area contributed by atoms with Crippen molar-refractivity contribution in [1.82, 2.24) is 4.98 Å². The molecule has 1 saturated heterocycles. The molecule has 0 bridgehead atoms. The first-order chi connectivity index (χ1) is 11.6. The molecule has 0 saturated carbocycles. The van der Waals surface area contributed by atoms with Crippen molar-refractivity contribution < 1.29 is 14.3 Å². The Morgan fingerprint density at radius 2 is 1.88 bits per heavy atom. The number of benzene rings is 1. The number of nitrogens with zero attached hydrogens (tertiary/aromatic N) is 1. The number of amides is 2. The van der Waals surface area contributed by atoms with Crippen molar-refractivity contribution in [3.05, 3.63) is 29.6 Å². The second-order valence-electron chi connectivity index (χ2n) is 5.67. The first-order valence-corrected chi connectivity index (χ1v) is 8.72. The first-order valence-electron chi connectivity index (χ1n) is 7.84. The number of hydrogen-bond donors (Lipinski definition) is 2. The van der Waals surface area contributed by atoms with Gasteiger partial charge in [-0.15, -0.1) is 11.3 Å². The average molecular weight is 345 g/mol. The van der Waals surface area contributed by atoms with Crippen molar-refractivity contribution in [2.75, 3.05) is 23.8 Å². The maximum Gasteiger partial charge on any atom is 0.229 e. The van der Waals surface area contributed by atoms with Gasteiger partial charge in [-0.3, -0.25) is 9.59 Å². The largest absolute Gasteiger partial charge is 0.381 e. The Balaban J connectivity index is 1.64. The van der Waals surface area contributed by atoms with Crippen LogP contribution in [-0.2, 0) is 14.3 Å². The van der Waals surface area contributed by atoms with Crippen LogP contribution in [-0.4, -0.2) is 30.0 Å². The molecule has 0 atom stereocenters. The van der Waals surface area contributed by atoms with E-state index >= 15 is 0 Å². The Labute approximate surface area is 144 Å². The minimum Gasteiger partial charge on any atom is -0.381 e. The number of ether oxygens (including phenoxy) is 1. The van der Waals surface area contributed by atoms with Gasteiger partial charge in [0.25, 0.3) is 0 Å². The lowest BCUT2D eigenvalue weighted by Crippen LogP contribution is -2.28. The van der Waals surface area contributed by atoms with Crippen LogP contribution in [0.3, 0.4) is 0 Å². The Bertz CT molecular complexity index is 721. The van der Waals surface area contributed by atoms with Crippen molar-refractivity contribution in [2.24, 2.45) is 5.92 Å². The summed E-state index contributed by atoms with van der Waals surface area (Å²) in [6.45, 7) is 2.76. The third-order valence-corrected chi connectivity index (χ3v) is 4.59. The molecule has 1 aliphatic rings. The molecular formula is C17H19N3O3S. The number of rotatable bonds is 4. The third-order valence-electron chi connectivity index (χ3n) is 3.83. The fourth-order valence-corrected chi connectivity index (χ4v) is 3.28. The highest BCUT2D eigenvalue weighted by Gasteiger charge is 2.22. The van der Waals surface area contributed by atoms with Crippen LogP contribution in [0.4, 0.5) is 10.8 Å². The Morgan fingerprint density at radius 3 is 2.54 bits per heavy atom. The van der Waals surface area contributed by atoms with Gasteiger partial charge in [0.1, 0.15) is 0 Å². The van der Waals surface area contributed by atoms with E-state index in [4.69, 9.17) is 4.74 Å². The Morgan fingerprint density at radius 1 is 1.17 bits per heavy atom. The molecule has 1 aromatic carbocycles. The second-order valence-corrected chi connectivity index (χ2v) is 6.53. The molecule has 0 unspecified atom stereocenters. The molecule has 2 amide bonds. The molecule has 126 valence electrons. The number of nitrogens with one attached hydrogen (secondary N) is 2. The SMILES string of the molecule is CC(=O)Nc1ccc(-c2csc(NC(=O)C3CCOCC3)n2)cc1. The predicted octanol–water partition coefficient (Wildman–Crippen LogP) is 3.13. The molecule has 0 aliphatic carbocycles. The summed E-state index contributed by atoms with van der Waals surface area (Å²) in [7, 11) is 0. The predicted molar refractivity (Wildman–Crippen MR) is 94.0 cm³/mol. The van der Waals surface area contributed by atoms with E-state index in [1.54, 1.807) is 0 Å². The summed E-state index contributed by atoms with van der Waals surface area (Å²) in [5.74, 6) is -0.0854.